The number of hydrogen-bond acceptors (Lipinski definition) is 5. The van der Waals surface area contributed by atoms with Gasteiger partial charge in [-0.1, -0.05) is 18.3 Å². The van der Waals surface area contributed by atoms with Gasteiger partial charge in [0.05, 0.1) is 0 Å². The van der Waals surface area contributed by atoms with Crippen LogP contribution < -0.4 is 5.32 Å². The molecule has 18 heavy (non-hydrogen) atoms. The van der Waals surface area contributed by atoms with Crippen LogP contribution in [0.1, 0.15) is 46.8 Å². The van der Waals surface area contributed by atoms with Crippen LogP contribution in [0.15, 0.2) is 0 Å². The second-order valence-corrected chi connectivity index (χ2v) is 5.75. The van der Waals surface area contributed by atoms with Crippen LogP contribution in [0.4, 0.5) is 5.13 Å². The summed E-state index contributed by atoms with van der Waals surface area (Å²) in [6.07, 6.45) is 2.56. The molecule has 0 aliphatic heterocycles. The van der Waals surface area contributed by atoms with Crippen LogP contribution in [-0.2, 0) is 0 Å². The van der Waals surface area contributed by atoms with Crippen LogP contribution >= 0.6 is 11.3 Å². The van der Waals surface area contributed by atoms with Crippen molar-refractivity contribution in [2.45, 2.75) is 26.7 Å². The molecule has 1 aromatic rings. The topological polar surface area (TPSA) is 79.3 Å². The largest absolute Gasteiger partial charge is 0.476 e. The molecule has 1 aliphatic carbocycles. The molecule has 2 N–H and O–H groups in total. The first-order valence-corrected chi connectivity index (χ1v) is 6.79. The lowest BCUT2D eigenvalue weighted by Crippen LogP contribution is -2.12. The molecule has 1 atom stereocenters. The van der Waals surface area contributed by atoms with Gasteiger partial charge in [0.1, 0.15) is 4.88 Å². The number of anilines is 1. The third-order valence-electron chi connectivity index (χ3n) is 3.15. The molecule has 1 unspecified atom stereocenters. The van der Waals surface area contributed by atoms with Crippen LogP contribution in [0.5, 0.6) is 0 Å². The van der Waals surface area contributed by atoms with E-state index in [9.17, 15) is 9.59 Å². The minimum atomic E-state index is -1.15. The number of Topliss-reactive ketones (excluding diaryl/α,β-unsaturated/α-hetero) is 1. The maximum atomic E-state index is 11.3. The van der Waals surface area contributed by atoms with Crippen molar-refractivity contribution in [2.75, 3.05) is 11.9 Å². The van der Waals surface area contributed by atoms with Gasteiger partial charge in [0.2, 0.25) is 0 Å². The van der Waals surface area contributed by atoms with E-state index in [0.717, 1.165) is 23.8 Å². The summed E-state index contributed by atoms with van der Waals surface area (Å²) in [5.41, 5.74) is -0.144. The van der Waals surface area contributed by atoms with E-state index in [1.165, 1.54) is 19.8 Å². The van der Waals surface area contributed by atoms with Gasteiger partial charge < -0.3 is 10.4 Å². The fourth-order valence-electron chi connectivity index (χ4n) is 1.86. The Hall–Kier alpha value is -1.43. The molecule has 0 bridgehead atoms. The second-order valence-electron chi connectivity index (χ2n) is 4.75. The number of hydrogen-bond donors (Lipinski definition) is 2. The number of nitrogens with zero attached hydrogens (tertiary/aromatic N) is 1. The summed E-state index contributed by atoms with van der Waals surface area (Å²) in [6.45, 7) is 4.30. The summed E-state index contributed by atoms with van der Waals surface area (Å²) in [5.74, 6) is -0.0698. The summed E-state index contributed by atoms with van der Waals surface area (Å²) >= 11 is 1.12. The van der Waals surface area contributed by atoms with Gasteiger partial charge in [-0.05, 0) is 24.7 Å². The summed E-state index contributed by atoms with van der Waals surface area (Å²) in [4.78, 5) is 26.5. The number of carbonyl (C=O) groups is 2. The van der Waals surface area contributed by atoms with Gasteiger partial charge in [0.25, 0.3) is 0 Å². The summed E-state index contributed by atoms with van der Waals surface area (Å²) in [5, 5.41) is 12.6. The molecule has 1 aliphatic rings. The lowest BCUT2D eigenvalue weighted by Gasteiger charge is -2.09. The highest BCUT2D eigenvalue weighted by Crippen LogP contribution is 2.36. The fraction of sp³-hybridized carbons (Fsp3) is 0.583. The summed E-state index contributed by atoms with van der Waals surface area (Å²) in [7, 11) is 0. The SMILES string of the molecule is CC(=O)c1sc(NCC(C)C2CC2)nc1C(=O)O. The van der Waals surface area contributed by atoms with Gasteiger partial charge in [-0.25, -0.2) is 9.78 Å². The number of carboxylic acid groups (broad SMARTS) is 1. The Labute approximate surface area is 109 Å². The van der Waals surface area contributed by atoms with E-state index in [4.69, 9.17) is 5.11 Å². The van der Waals surface area contributed by atoms with Gasteiger partial charge in [0, 0.05) is 13.5 Å². The fourth-order valence-corrected chi connectivity index (χ4v) is 2.72. The van der Waals surface area contributed by atoms with Crippen molar-refractivity contribution >= 4 is 28.2 Å². The smallest absolute Gasteiger partial charge is 0.356 e. The predicted molar refractivity (Wildman–Crippen MR) is 69.5 cm³/mol. The average Bonchev–Trinajstić information content (AvgIpc) is 3.05. The van der Waals surface area contributed by atoms with Crippen molar-refractivity contribution < 1.29 is 14.7 Å². The van der Waals surface area contributed by atoms with E-state index in [1.807, 2.05) is 0 Å². The van der Waals surface area contributed by atoms with Crippen LogP contribution in [0.2, 0.25) is 0 Å². The molecule has 0 saturated heterocycles. The molecular formula is C12H16N2O3S. The highest BCUT2D eigenvalue weighted by Gasteiger charge is 2.28. The van der Waals surface area contributed by atoms with Gasteiger partial charge in [-0.3, -0.25) is 4.79 Å². The van der Waals surface area contributed by atoms with E-state index in [0.29, 0.717) is 11.0 Å². The Kier molecular flexibility index (Phi) is 3.65. The molecule has 0 aromatic carbocycles. The zero-order valence-corrected chi connectivity index (χ0v) is 11.2. The Morgan fingerprint density at radius 2 is 2.22 bits per heavy atom. The molecule has 5 nitrogen and oxygen atoms in total. The quantitative estimate of drug-likeness (QED) is 0.775. The van der Waals surface area contributed by atoms with E-state index in [1.54, 1.807) is 0 Å². The molecule has 1 aromatic heterocycles. The minimum absolute atomic E-state index is 0.144. The Morgan fingerprint density at radius 1 is 1.56 bits per heavy atom. The third-order valence-corrected chi connectivity index (χ3v) is 4.27. The van der Waals surface area contributed by atoms with Crippen molar-refractivity contribution in [1.82, 2.24) is 4.98 Å². The molecule has 1 saturated carbocycles. The second kappa shape index (κ2) is 5.06. The molecule has 1 heterocycles. The van der Waals surface area contributed by atoms with Crippen LogP contribution in [0.3, 0.4) is 0 Å². The molecule has 98 valence electrons. The standard InChI is InChI=1S/C12H16N2O3S/c1-6(8-3-4-8)5-13-12-14-9(11(16)17)10(18-12)7(2)15/h6,8H,3-5H2,1-2H3,(H,13,14)(H,16,17). The number of ketones is 1. The van der Waals surface area contributed by atoms with Crippen molar-refractivity contribution in [2.24, 2.45) is 11.8 Å². The molecule has 1 fully saturated rings. The van der Waals surface area contributed by atoms with Crippen molar-refractivity contribution in [3.8, 4) is 0 Å². The van der Waals surface area contributed by atoms with Crippen molar-refractivity contribution in [3.05, 3.63) is 10.6 Å². The number of thiazole rings is 1. The maximum absolute atomic E-state index is 11.3. The Balaban J connectivity index is 2.06. The Morgan fingerprint density at radius 3 is 2.67 bits per heavy atom. The lowest BCUT2D eigenvalue weighted by molar-refractivity contribution is 0.0687. The van der Waals surface area contributed by atoms with Gasteiger partial charge in [-0.2, -0.15) is 0 Å². The molecule has 0 amide bonds. The third kappa shape index (κ3) is 2.87. The van der Waals surface area contributed by atoms with Crippen LogP contribution in [0, 0.1) is 11.8 Å². The number of nitrogens with one attached hydrogen (secondary N) is 1. The number of aromatic nitrogens is 1. The van der Waals surface area contributed by atoms with E-state index in [2.05, 4.69) is 17.2 Å². The van der Waals surface area contributed by atoms with Crippen molar-refractivity contribution in [3.63, 3.8) is 0 Å². The number of aromatic carboxylic acids is 1. The summed E-state index contributed by atoms with van der Waals surface area (Å²) in [6, 6.07) is 0. The van der Waals surface area contributed by atoms with Crippen LogP contribution in [0.25, 0.3) is 0 Å². The molecule has 0 spiro atoms. The zero-order valence-electron chi connectivity index (χ0n) is 10.4. The van der Waals surface area contributed by atoms with E-state index >= 15 is 0 Å². The first kappa shape index (κ1) is 13.0. The van der Waals surface area contributed by atoms with Gasteiger partial charge in [0.15, 0.2) is 16.6 Å². The van der Waals surface area contributed by atoms with E-state index in [-0.39, 0.29) is 16.4 Å². The van der Waals surface area contributed by atoms with Gasteiger partial charge >= 0.3 is 5.97 Å². The van der Waals surface area contributed by atoms with Crippen molar-refractivity contribution in [1.29, 1.82) is 0 Å². The maximum Gasteiger partial charge on any atom is 0.356 e. The minimum Gasteiger partial charge on any atom is -0.476 e. The highest BCUT2D eigenvalue weighted by molar-refractivity contribution is 7.17. The van der Waals surface area contributed by atoms with E-state index < -0.39 is 5.97 Å². The number of carboxylic acids is 1. The normalized spacial score (nSPS) is 16.3. The number of carbonyl (C=O) groups excluding carboxylic acids is 1. The molecule has 0 radical (unpaired) electrons. The average molecular weight is 268 g/mol. The molecule has 2 rings (SSSR count). The van der Waals surface area contributed by atoms with Crippen LogP contribution in [-0.4, -0.2) is 28.4 Å². The lowest BCUT2D eigenvalue weighted by atomic mass is 10.1. The monoisotopic (exact) mass is 268 g/mol. The number of rotatable bonds is 6. The highest BCUT2D eigenvalue weighted by atomic mass is 32.1. The molecule has 6 heteroatoms. The Bertz CT molecular complexity index is 448. The summed E-state index contributed by atoms with van der Waals surface area (Å²) < 4.78 is 0. The molecular weight excluding hydrogens is 252 g/mol. The zero-order chi connectivity index (χ0) is 13.3. The predicted octanol–water partition coefficient (Wildman–Crippen LogP) is 2.50. The van der Waals surface area contributed by atoms with Gasteiger partial charge in [-0.15, -0.1) is 0 Å². The first-order valence-electron chi connectivity index (χ1n) is 5.98. The first-order chi connectivity index (χ1) is 8.49.